The van der Waals surface area contributed by atoms with E-state index in [4.69, 9.17) is 4.74 Å². The molecule has 154 valence electrons. The molecule has 2 aromatic carbocycles. The minimum Gasteiger partial charge on any atom is -0.482 e. The Morgan fingerprint density at radius 1 is 0.966 bits per heavy atom. The van der Waals surface area contributed by atoms with E-state index >= 15 is 0 Å². The first-order valence-corrected chi connectivity index (χ1v) is 9.33. The second-order valence-corrected chi connectivity index (χ2v) is 6.83. The van der Waals surface area contributed by atoms with Gasteiger partial charge in [0.15, 0.2) is 6.61 Å². The summed E-state index contributed by atoms with van der Waals surface area (Å²) in [5.41, 5.74) is 1.44. The summed E-state index contributed by atoms with van der Waals surface area (Å²) in [7, 11) is 1.29. The molecule has 0 heterocycles. The summed E-state index contributed by atoms with van der Waals surface area (Å²) < 4.78 is 9.78. The predicted molar refractivity (Wildman–Crippen MR) is 109 cm³/mol. The molecule has 7 nitrogen and oxygen atoms in total. The molecule has 0 aliphatic carbocycles. The Morgan fingerprint density at radius 2 is 1.62 bits per heavy atom. The third-order valence-corrected chi connectivity index (χ3v) is 4.18. The smallest absolute Gasteiger partial charge is 0.343 e. The van der Waals surface area contributed by atoms with E-state index in [1.54, 1.807) is 24.3 Å². The number of anilines is 1. The van der Waals surface area contributed by atoms with Crippen molar-refractivity contribution in [2.24, 2.45) is 5.92 Å². The van der Waals surface area contributed by atoms with Crippen LogP contribution in [0, 0.1) is 5.92 Å². The first-order chi connectivity index (χ1) is 13.9. The molecule has 0 radical (unpaired) electrons. The highest BCUT2D eigenvalue weighted by molar-refractivity contribution is 5.97. The lowest BCUT2D eigenvalue weighted by Gasteiger charge is -2.22. The van der Waals surface area contributed by atoms with Crippen molar-refractivity contribution in [2.75, 3.05) is 19.0 Å². The summed E-state index contributed by atoms with van der Waals surface area (Å²) in [4.78, 5) is 36.1. The van der Waals surface area contributed by atoms with E-state index < -0.39 is 12.0 Å². The van der Waals surface area contributed by atoms with E-state index in [0.29, 0.717) is 11.4 Å². The van der Waals surface area contributed by atoms with E-state index in [-0.39, 0.29) is 30.8 Å². The number of nitrogens with one attached hydrogen (secondary N) is 2. The van der Waals surface area contributed by atoms with Crippen LogP contribution >= 0.6 is 0 Å². The van der Waals surface area contributed by atoms with Gasteiger partial charge in [0, 0.05) is 5.69 Å². The van der Waals surface area contributed by atoms with Crippen LogP contribution in [0.1, 0.15) is 19.4 Å². The number of benzene rings is 2. The number of carbonyl (C=O) groups excluding carboxylic acids is 3. The fraction of sp³-hybridized carbons (Fsp3) is 0.318. The monoisotopic (exact) mass is 398 g/mol. The van der Waals surface area contributed by atoms with Crippen molar-refractivity contribution < 1.29 is 23.9 Å². The SMILES string of the molecule is COC(=O)COc1ccc(NC(=O)C(NC(=O)Cc2ccccc2)C(C)C)cc1. The standard InChI is InChI=1S/C22H26N2O5/c1-15(2)21(24-19(25)13-16-7-5-4-6-8-16)22(27)23-17-9-11-18(12-10-17)29-14-20(26)28-3/h4-12,15,21H,13-14H2,1-3H3,(H,23,27)(H,24,25). The van der Waals surface area contributed by atoms with Gasteiger partial charge in [-0.1, -0.05) is 44.2 Å². The average Bonchev–Trinajstić information content (AvgIpc) is 2.71. The van der Waals surface area contributed by atoms with Crippen molar-refractivity contribution in [3.8, 4) is 5.75 Å². The van der Waals surface area contributed by atoms with Gasteiger partial charge < -0.3 is 20.1 Å². The summed E-state index contributed by atoms with van der Waals surface area (Å²) in [5, 5.41) is 5.60. The van der Waals surface area contributed by atoms with Crippen LogP contribution in [0.5, 0.6) is 5.75 Å². The van der Waals surface area contributed by atoms with Gasteiger partial charge in [0.25, 0.3) is 0 Å². The maximum atomic E-state index is 12.7. The topological polar surface area (TPSA) is 93.7 Å². The lowest BCUT2D eigenvalue weighted by atomic mass is 10.0. The Bertz CT molecular complexity index is 819. The largest absolute Gasteiger partial charge is 0.482 e. The van der Waals surface area contributed by atoms with Crippen LogP contribution in [0.3, 0.4) is 0 Å². The van der Waals surface area contributed by atoms with Gasteiger partial charge >= 0.3 is 5.97 Å². The van der Waals surface area contributed by atoms with E-state index in [0.717, 1.165) is 5.56 Å². The summed E-state index contributed by atoms with van der Waals surface area (Å²) in [6.07, 6.45) is 0.212. The second-order valence-electron chi connectivity index (χ2n) is 6.83. The highest BCUT2D eigenvalue weighted by Crippen LogP contribution is 2.17. The number of ether oxygens (including phenoxy) is 2. The van der Waals surface area contributed by atoms with Crippen LogP contribution in [0.2, 0.25) is 0 Å². The van der Waals surface area contributed by atoms with Crippen LogP contribution in [0.4, 0.5) is 5.69 Å². The lowest BCUT2D eigenvalue weighted by molar-refractivity contribution is -0.142. The van der Waals surface area contributed by atoms with Gasteiger partial charge in [0.1, 0.15) is 11.8 Å². The van der Waals surface area contributed by atoms with Gasteiger partial charge in [0.05, 0.1) is 13.5 Å². The fourth-order valence-corrected chi connectivity index (χ4v) is 2.60. The third-order valence-electron chi connectivity index (χ3n) is 4.18. The molecule has 0 aromatic heterocycles. The first-order valence-electron chi connectivity index (χ1n) is 9.33. The van der Waals surface area contributed by atoms with E-state index in [9.17, 15) is 14.4 Å². The van der Waals surface area contributed by atoms with Gasteiger partial charge in [-0.3, -0.25) is 9.59 Å². The highest BCUT2D eigenvalue weighted by Gasteiger charge is 2.24. The molecule has 29 heavy (non-hydrogen) atoms. The van der Waals surface area contributed by atoms with Crippen molar-refractivity contribution in [1.82, 2.24) is 5.32 Å². The van der Waals surface area contributed by atoms with Crippen LogP contribution < -0.4 is 15.4 Å². The molecule has 0 aliphatic heterocycles. The normalized spacial score (nSPS) is 11.4. The molecule has 0 bridgehead atoms. The van der Waals surface area contributed by atoms with Gasteiger partial charge in [0.2, 0.25) is 11.8 Å². The maximum Gasteiger partial charge on any atom is 0.343 e. The van der Waals surface area contributed by atoms with Crippen molar-refractivity contribution in [3.05, 3.63) is 60.2 Å². The summed E-state index contributed by atoms with van der Waals surface area (Å²) >= 11 is 0. The van der Waals surface area contributed by atoms with E-state index in [1.165, 1.54) is 7.11 Å². The average molecular weight is 398 g/mol. The minimum absolute atomic E-state index is 0.0858. The second kappa shape index (κ2) is 10.8. The van der Waals surface area contributed by atoms with Crippen LogP contribution in [0.15, 0.2) is 54.6 Å². The number of amides is 2. The molecule has 0 fully saturated rings. The number of hydrogen-bond donors (Lipinski definition) is 2. The highest BCUT2D eigenvalue weighted by atomic mass is 16.6. The Balaban J connectivity index is 1.93. The zero-order valence-corrected chi connectivity index (χ0v) is 16.8. The van der Waals surface area contributed by atoms with Crippen LogP contribution in [0.25, 0.3) is 0 Å². The lowest BCUT2D eigenvalue weighted by Crippen LogP contribution is -2.47. The Kier molecular flexibility index (Phi) is 8.21. The van der Waals surface area contributed by atoms with Crippen LogP contribution in [-0.2, 0) is 25.5 Å². The number of methoxy groups -OCH3 is 1. The molecule has 1 unspecified atom stereocenters. The molecule has 0 saturated heterocycles. The molecule has 0 spiro atoms. The number of hydrogen-bond acceptors (Lipinski definition) is 5. The zero-order chi connectivity index (χ0) is 21.2. The Hall–Kier alpha value is -3.35. The van der Waals surface area contributed by atoms with Gasteiger partial charge in [-0.05, 0) is 35.7 Å². The molecular formula is C22H26N2O5. The quantitative estimate of drug-likeness (QED) is 0.633. The van der Waals surface area contributed by atoms with Gasteiger partial charge in [-0.15, -0.1) is 0 Å². The fourth-order valence-electron chi connectivity index (χ4n) is 2.60. The van der Waals surface area contributed by atoms with Crippen molar-refractivity contribution in [3.63, 3.8) is 0 Å². The van der Waals surface area contributed by atoms with E-state index in [1.807, 2.05) is 44.2 Å². The van der Waals surface area contributed by atoms with Gasteiger partial charge in [-0.25, -0.2) is 4.79 Å². The molecule has 1 atom stereocenters. The Labute approximate surface area is 170 Å². The third kappa shape index (κ3) is 7.29. The molecule has 2 amide bonds. The molecule has 2 N–H and O–H groups in total. The predicted octanol–water partition coefficient (Wildman–Crippen LogP) is 2.56. The molecule has 7 heteroatoms. The number of esters is 1. The molecule has 2 aromatic rings. The van der Waals surface area contributed by atoms with Crippen LogP contribution in [-0.4, -0.2) is 37.5 Å². The van der Waals surface area contributed by atoms with Crippen molar-refractivity contribution >= 4 is 23.5 Å². The molecular weight excluding hydrogens is 372 g/mol. The maximum absolute atomic E-state index is 12.7. The number of rotatable bonds is 9. The van der Waals surface area contributed by atoms with Crippen molar-refractivity contribution in [1.29, 1.82) is 0 Å². The Morgan fingerprint density at radius 3 is 2.21 bits per heavy atom. The molecule has 0 aliphatic rings. The minimum atomic E-state index is -0.665. The summed E-state index contributed by atoms with van der Waals surface area (Å²) in [5.74, 6) is -0.600. The summed E-state index contributed by atoms with van der Waals surface area (Å²) in [6, 6.07) is 15.3. The molecule has 0 saturated carbocycles. The zero-order valence-electron chi connectivity index (χ0n) is 16.8. The van der Waals surface area contributed by atoms with Gasteiger partial charge in [-0.2, -0.15) is 0 Å². The van der Waals surface area contributed by atoms with Crippen molar-refractivity contribution in [2.45, 2.75) is 26.3 Å². The molecule has 2 rings (SSSR count). The van der Waals surface area contributed by atoms with E-state index in [2.05, 4.69) is 15.4 Å². The summed E-state index contributed by atoms with van der Waals surface area (Å²) in [6.45, 7) is 3.55. The number of carbonyl (C=O) groups is 3. The first kappa shape index (κ1) is 21.9.